The van der Waals surface area contributed by atoms with Crippen molar-refractivity contribution in [3.8, 4) is 5.75 Å². The van der Waals surface area contributed by atoms with E-state index in [1.165, 1.54) is 12.1 Å². The Hall–Kier alpha value is -3.25. The number of nitrogens with zero attached hydrogens (tertiary/aromatic N) is 1. The molecule has 1 N–H and O–H groups in total. The molecular weight excluding hydrogens is 398 g/mol. The Balaban J connectivity index is 1.76. The third-order valence-electron chi connectivity index (χ3n) is 5.00. The van der Waals surface area contributed by atoms with Gasteiger partial charge in [-0.1, -0.05) is 72.8 Å². The quantitative estimate of drug-likeness (QED) is 0.525. The van der Waals surface area contributed by atoms with Crippen molar-refractivity contribution in [1.29, 1.82) is 0 Å². The van der Waals surface area contributed by atoms with Crippen molar-refractivity contribution < 1.29 is 18.3 Å². The minimum absolute atomic E-state index is 0.0394. The zero-order valence-corrected chi connectivity index (χ0v) is 17.5. The number of nitrogens with one attached hydrogen (secondary N) is 1. The standard InChI is InChI=1S/C25H26F2N2O2/c1-18(24(30)29(2)17-19-9-5-3-6-10-19)28-23(20-11-7-4-8-12-20)21-13-15-22(16-14-21)31-25(26)27/h3-16,18,23,25,28H,17H2,1-2H3/t18-,23-/m0/s1. The molecule has 4 nitrogen and oxygen atoms in total. The number of hydrogen-bond acceptors (Lipinski definition) is 3. The van der Waals surface area contributed by atoms with Crippen molar-refractivity contribution >= 4 is 5.91 Å². The second kappa shape index (κ2) is 10.7. The zero-order chi connectivity index (χ0) is 22.2. The van der Waals surface area contributed by atoms with Crippen LogP contribution < -0.4 is 10.1 Å². The van der Waals surface area contributed by atoms with Gasteiger partial charge in [-0.05, 0) is 35.7 Å². The summed E-state index contributed by atoms with van der Waals surface area (Å²) in [6, 6.07) is 25.2. The third kappa shape index (κ3) is 6.36. The van der Waals surface area contributed by atoms with Gasteiger partial charge < -0.3 is 9.64 Å². The van der Waals surface area contributed by atoms with Crippen LogP contribution in [0.3, 0.4) is 0 Å². The SMILES string of the molecule is C[C@H](N[C@@H](c1ccccc1)c1ccc(OC(F)F)cc1)C(=O)N(C)Cc1ccccc1. The number of alkyl halides is 2. The van der Waals surface area contributed by atoms with Crippen LogP contribution in [-0.4, -0.2) is 30.5 Å². The highest BCUT2D eigenvalue weighted by Gasteiger charge is 2.23. The summed E-state index contributed by atoms with van der Waals surface area (Å²) in [5.41, 5.74) is 2.87. The van der Waals surface area contributed by atoms with E-state index in [0.717, 1.165) is 16.7 Å². The maximum atomic E-state index is 13.0. The molecule has 0 heterocycles. The number of carbonyl (C=O) groups is 1. The molecule has 0 aromatic heterocycles. The molecule has 6 heteroatoms. The van der Waals surface area contributed by atoms with E-state index in [9.17, 15) is 13.6 Å². The van der Waals surface area contributed by atoms with Crippen molar-refractivity contribution in [3.05, 3.63) is 102 Å². The summed E-state index contributed by atoms with van der Waals surface area (Å²) >= 11 is 0. The highest BCUT2D eigenvalue weighted by Crippen LogP contribution is 2.25. The number of hydrogen-bond donors (Lipinski definition) is 1. The Kier molecular flexibility index (Phi) is 7.73. The average Bonchev–Trinajstić information content (AvgIpc) is 2.78. The number of rotatable bonds is 9. The molecule has 0 spiro atoms. The normalized spacial score (nSPS) is 12.9. The van der Waals surface area contributed by atoms with Crippen LogP contribution in [0.5, 0.6) is 5.75 Å². The summed E-state index contributed by atoms with van der Waals surface area (Å²) in [5.74, 6) is 0.0553. The van der Waals surface area contributed by atoms with Gasteiger partial charge in [0.2, 0.25) is 5.91 Å². The largest absolute Gasteiger partial charge is 0.435 e. The van der Waals surface area contributed by atoms with Gasteiger partial charge in [-0.25, -0.2) is 0 Å². The molecule has 0 saturated carbocycles. The second-order valence-electron chi connectivity index (χ2n) is 7.36. The van der Waals surface area contributed by atoms with Crippen molar-refractivity contribution in [2.24, 2.45) is 0 Å². The molecule has 1 amide bonds. The number of ether oxygens (including phenoxy) is 1. The number of carbonyl (C=O) groups excluding carboxylic acids is 1. The summed E-state index contributed by atoms with van der Waals surface area (Å²) < 4.78 is 29.4. The lowest BCUT2D eigenvalue weighted by molar-refractivity contribution is -0.132. The highest BCUT2D eigenvalue weighted by molar-refractivity contribution is 5.81. The highest BCUT2D eigenvalue weighted by atomic mass is 19.3. The van der Waals surface area contributed by atoms with E-state index in [2.05, 4.69) is 10.1 Å². The Morgan fingerprint density at radius 1 is 0.903 bits per heavy atom. The monoisotopic (exact) mass is 424 g/mol. The minimum atomic E-state index is -2.87. The van der Waals surface area contributed by atoms with Crippen LogP contribution in [0.4, 0.5) is 8.78 Å². The number of likely N-dealkylation sites (N-methyl/N-ethyl adjacent to an activating group) is 1. The molecule has 2 atom stereocenters. The topological polar surface area (TPSA) is 41.6 Å². The summed E-state index contributed by atoms with van der Waals surface area (Å²) in [7, 11) is 1.78. The van der Waals surface area contributed by atoms with Gasteiger partial charge >= 0.3 is 6.61 Å². The molecule has 0 bridgehead atoms. The van der Waals surface area contributed by atoms with Crippen molar-refractivity contribution in [1.82, 2.24) is 10.2 Å². The van der Waals surface area contributed by atoms with Gasteiger partial charge in [0.05, 0.1) is 12.1 Å². The van der Waals surface area contributed by atoms with Gasteiger partial charge in [-0.3, -0.25) is 10.1 Å². The van der Waals surface area contributed by atoms with Crippen LogP contribution in [-0.2, 0) is 11.3 Å². The van der Waals surface area contributed by atoms with Gasteiger partial charge in [-0.15, -0.1) is 0 Å². The lowest BCUT2D eigenvalue weighted by atomic mass is 9.97. The molecule has 162 valence electrons. The first-order chi connectivity index (χ1) is 14.9. The van der Waals surface area contributed by atoms with Crippen LogP contribution in [0.2, 0.25) is 0 Å². The van der Waals surface area contributed by atoms with Crippen molar-refractivity contribution in [2.45, 2.75) is 32.2 Å². The predicted octanol–water partition coefficient (Wildman–Crippen LogP) is 5.01. The average molecular weight is 424 g/mol. The molecule has 31 heavy (non-hydrogen) atoms. The lowest BCUT2D eigenvalue weighted by Crippen LogP contribution is -2.44. The van der Waals surface area contributed by atoms with Crippen LogP contribution >= 0.6 is 0 Å². The maximum Gasteiger partial charge on any atom is 0.387 e. The fourth-order valence-corrected chi connectivity index (χ4v) is 3.46. The molecule has 3 aromatic carbocycles. The first-order valence-corrected chi connectivity index (χ1v) is 10.1. The van der Waals surface area contributed by atoms with Gasteiger partial charge in [0, 0.05) is 13.6 Å². The molecule has 0 unspecified atom stereocenters. The number of halogens is 2. The first-order valence-electron chi connectivity index (χ1n) is 10.1. The Morgan fingerprint density at radius 2 is 1.45 bits per heavy atom. The molecular formula is C25H26F2N2O2. The Morgan fingerprint density at radius 3 is 2.03 bits per heavy atom. The van der Waals surface area contributed by atoms with Crippen molar-refractivity contribution in [3.63, 3.8) is 0 Å². The van der Waals surface area contributed by atoms with E-state index in [-0.39, 0.29) is 17.7 Å². The maximum absolute atomic E-state index is 13.0. The molecule has 0 aliphatic carbocycles. The summed E-state index contributed by atoms with van der Waals surface area (Å²) in [6.45, 7) is -0.526. The van der Waals surface area contributed by atoms with Crippen LogP contribution in [0.1, 0.15) is 29.7 Å². The van der Waals surface area contributed by atoms with Gasteiger partial charge in [0.1, 0.15) is 5.75 Å². The number of benzene rings is 3. The number of amides is 1. The van der Waals surface area contributed by atoms with Gasteiger partial charge in [-0.2, -0.15) is 8.78 Å². The van der Waals surface area contributed by atoms with E-state index in [1.807, 2.05) is 67.6 Å². The Labute approximate surface area is 181 Å². The molecule has 0 radical (unpaired) electrons. The summed E-state index contributed by atoms with van der Waals surface area (Å²) in [5, 5.41) is 3.40. The predicted molar refractivity (Wildman–Crippen MR) is 117 cm³/mol. The molecule has 0 saturated heterocycles. The van der Waals surface area contributed by atoms with E-state index < -0.39 is 12.7 Å². The zero-order valence-electron chi connectivity index (χ0n) is 17.5. The second-order valence-corrected chi connectivity index (χ2v) is 7.36. The van der Waals surface area contributed by atoms with Crippen LogP contribution in [0.15, 0.2) is 84.9 Å². The molecule has 3 rings (SSSR count). The van der Waals surface area contributed by atoms with E-state index >= 15 is 0 Å². The molecule has 3 aromatic rings. The van der Waals surface area contributed by atoms with Crippen molar-refractivity contribution in [2.75, 3.05) is 7.05 Å². The minimum Gasteiger partial charge on any atom is -0.435 e. The van der Waals surface area contributed by atoms with Gasteiger partial charge in [0.25, 0.3) is 0 Å². The molecule has 0 fully saturated rings. The first kappa shape index (κ1) is 22.4. The van der Waals surface area contributed by atoms with E-state index in [0.29, 0.717) is 6.54 Å². The smallest absolute Gasteiger partial charge is 0.387 e. The lowest BCUT2D eigenvalue weighted by Gasteiger charge is -2.27. The van der Waals surface area contributed by atoms with Crippen LogP contribution in [0, 0.1) is 0 Å². The summed E-state index contributed by atoms with van der Waals surface area (Å²) in [4.78, 5) is 14.7. The fraction of sp³-hybridized carbons (Fsp3) is 0.240. The molecule has 0 aliphatic heterocycles. The van der Waals surface area contributed by atoms with E-state index in [4.69, 9.17) is 0 Å². The Bertz CT molecular complexity index is 950. The molecule has 0 aliphatic rings. The van der Waals surface area contributed by atoms with E-state index in [1.54, 1.807) is 24.1 Å². The summed E-state index contributed by atoms with van der Waals surface area (Å²) in [6.07, 6.45) is 0. The van der Waals surface area contributed by atoms with Crippen LogP contribution in [0.25, 0.3) is 0 Å². The van der Waals surface area contributed by atoms with Gasteiger partial charge in [0.15, 0.2) is 0 Å². The fourth-order valence-electron chi connectivity index (χ4n) is 3.46. The third-order valence-corrected chi connectivity index (χ3v) is 5.00.